The molecule has 1 amide bonds. The highest BCUT2D eigenvalue weighted by Crippen LogP contribution is 2.34. The van der Waals surface area contributed by atoms with Crippen LogP contribution < -0.4 is 4.74 Å². The van der Waals surface area contributed by atoms with Crippen molar-refractivity contribution in [2.24, 2.45) is 5.92 Å². The number of carbonyl (C=O) groups is 1. The van der Waals surface area contributed by atoms with E-state index in [1.165, 1.54) is 24.5 Å². The van der Waals surface area contributed by atoms with Crippen molar-refractivity contribution in [1.82, 2.24) is 19.8 Å². The molecular formula is C28H29FN4O6. The van der Waals surface area contributed by atoms with E-state index in [1.54, 1.807) is 12.1 Å². The number of fused-ring (bicyclic) bond motifs is 2. The monoisotopic (exact) mass is 536 g/mol. The Morgan fingerprint density at radius 3 is 3.00 bits per heavy atom. The van der Waals surface area contributed by atoms with Crippen LogP contribution in [-0.4, -0.2) is 70.4 Å². The largest absolute Gasteiger partial charge is 0.481 e. The minimum atomic E-state index is -1.16. The molecule has 1 aliphatic carbocycles. The predicted molar refractivity (Wildman–Crippen MR) is 137 cm³/mol. The summed E-state index contributed by atoms with van der Waals surface area (Å²) in [5, 5.41) is 11.0. The second-order valence-electron chi connectivity index (χ2n) is 9.93. The summed E-state index contributed by atoms with van der Waals surface area (Å²) < 4.78 is 37.3. The number of β-amino-alcohol motifs (C(OH)–C–C–N with tert-alkyl or cyclic N) is 1. The molecule has 2 aromatic rings. The van der Waals surface area contributed by atoms with Gasteiger partial charge in [0.05, 0.1) is 24.9 Å². The van der Waals surface area contributed by atoms with E-state index in [-0.39, 0.29) is 29.6 Å². The molecule has 0 bridgehead atoms. The summed E-state index contributed by atoms with van der Waals surface area (Å²) in [4.78, 5) is 24.8. The van der Waals surface area contributed by atoms with E-state index >= 15 is 0 Å². The van der Waals surface area contributed by atoms with E-state index in [2.05, 4.69) is 16.0 Å². The van der Waals surface area contributed by atoms with Gasteiger partial charge in [0.2, 0.25) is 11.8 Å². The summed E-state index contributed by atoms with van der Waals surface area (Å²) >= 11 is 0. The van der Waals surface area contributed by atoms with E-state index in [9.17, 15) is 14.3 Å². The zero-order valence-electron chi connectivity index (χ0n) is 21.5. The van der Waals surface area contributed by atoms with Crippen molar-refractivity contribution in [3.05, 3.63) is 77.7 Å². The second-order valence-corrected chi connectivity index (χ2v) is 9.93. The summed E-state index contributed by atoms with van der Waals surface area (Å²) in [5.41, 5.74) is 1.79. The molecule has 0 spiro atoms. The lowest BCUT2D eigenvalue weighted by Gasteiger charge is -2.44. The Morgan fingerprint density at radius 2 is 2.18 bits per heavy atom. The third-order valence-electron chi connectivity index (χ3n) is 7.48. The van der Waals surface area contributed by atoms with Gasteiger partial charge in [-0.3, -0.25) is 9.88 Å². The number of pyridine rings is 2. The number of piperidine rings is 1. The average molecular weight is 537 g/mol. The number of allylic oxidation sites excluding steroid dienone is 4. The number of amides is 1. The van der Waals surface area contributed by atoms with Crippen molar-refractivity contribution < 1.29 is 33.2 Å². The standard InChI is InChI=1S/C28H29FN4O6/c1-36-24-8-7-20-27(31-24)26(19(29)11-30-20)21(34)13-32-10-9-18-12-33(28(35)39-22(18)14-32)25-16-37-15-23(38-25)17-5-3-2-4-6-17/h2-3,5,7-8,11,15-16,18,21-22,34H,4,6,9-10,12-14H2,1H3/t18-,21?,22+/m1/s1. The number of carbonyl (C=O) groups excluding carboxylic acids is 1. The highest BCUT2D eigenvalue weighted by molar-refractivity contribution is 5.78. The van der Waals surface area contributed by atoms with E-state index < -0.39 is 18.0 Å². The lowest BCUT2D eigenvalue weighted by Crippen LogP contribution is -2.56. The normalized spacial score (nSPS) is 24.0. The van der Waals surface area contributed by atoms with E-state index in [0.717, 1.165) is 31.0 Å². The Labute approximate surface area is 224 Å². The number of methoxy groups -OCH3 is 1. The first kappa shape index (κ1) is 25.3. The van der Waals surface area contributed by atoms with Gasteiger partial charge >= 0.3 is 6.09 Å². The Bertz CT molecular complexity index is 1410. The number of likely N-dealkylation sites (tertiary alicyclic amines) is 1. The van der Waals surface area contributed by atoms with Crippen LogP contribution >= 0.6 is 0 Å². The molecule has 1 N–H and O–H groups in total. The Hall–Kier alpha value is -3.96. The van der Waals surface area contributed by atoms with Gasteiger partial charge in [-0.05, 0) is 37.4 Å². The highest BCUT2D eigenvalue weighted by atomic mass is 19.1. The second kappa shape index (κ2) is 10.7. The molecular weight excluding hydrogens is 507 g/mol. The summed E-state index contributed by atoms with van der Waals surface area (Å²) in [6, 6.07) is 3.31. The van der Waals surface area contributed by atoms with Crippen molar-refractivity contribution in [3.63, 3.8) is 0 Å². The quantitative estimate of drug-likeness (QED) is 0.588. The number of nitrogens with zero attached hydrogens (tertiary/aromatic N) is 4. The van der Waals surface area contributed by atoms with Crippen LogP contribution in [0.2, 0.25) is 0 Å². The fourth-order valence-corrected chi connectivity index (χ4v) is 5.41. The summed E-state index contributed by atoms with van der Waals surface area (Å²) in [6.07, 6.45) is 10.5. The number of hydrogen-bond donors (Lipinski definition) is 1. The lowest BCUT2D eigenvalue weighted by molar-refractivity contribution is -0.0613. The zero-order valence-corrected chi connectivity index (χ0v) is 21.5. The summed E-state index contributed by atoms with van der Waals surface area (Å²) in [6.45, 7) is 1.64. The van der Waals surface area contributed by atoms with Crippen LogP contribution in [0.1, 0.15) is 30.9 Å². The van der Waals surface area contributed by atoms with Gasteiger partial charge in [0.15, 0.2) is 12.0 Å². The van der Waals surface area contributed by atoms with Gasteiger partial charge in [0.25, 0.3) is 0 Å². The Balaban J connectivity index is 1.11. The van der Waals surface area contributed by atoms with Gasteiger partial charge in [-0.1, -0.05) is 18.2 Å². The lowest BCUT2D eigenvalue weighted by atomic mass is 9.91. The number of rotatable bonds is 6. The fourth-order valence-electron chi connectivity index (χ4n) is 5.41. The average Bonchev–Trinajstić information content (AvgIpc) is 2.96. The molecule has 4 aliphatic rings. The topological polar surface area (TPSA) is 106 Å². The molecule has 3 atom stereocenters. The molecule has 3 aliphatic heterocycles. The third kappa shape index (κ3) is 5.07. The van der Waals surface area contributed by atoms with Crippen LogP contribution in [0, 0.1) is 11.7 Å². The van der Waals surface area contributed by atoms with Crippen LogP contribution in [0.4, 0.5) is 9.18 Å². The number of ether oxygens (including phenoxy) is 4. The van der Waals surface area contributed by atoms with Gasteiger partial charge in [-0.25, -0.2) is 19.1 Å². The van der Waals surface area contributed by atoms with Crippen LogP contribution in [0.15, 0.2) is 66.3 Å². The van der Waals surface area contributed by atoms with E-state index in [4.69, 9.17) is 18.9 Å². The van der Waals surface area contributed by atoms with Crippen LogP contribution in [-0.2, 0) is 14.2 Å². The molecule has 1 unspecified atom stereocenters. The first-order chi connectivity index (χ1) is 19.0. The summed E-state index contributed by atoms with van der Waals surface area (Å²) in [7, 11) is 1.47. The molecule has 0 aromatic carbocycles. The fraction of sp³-hybridized carbons (Fsp3) is 0.393. The maximum absolute atomic E-state index is 14.8. The van der Waals surface area contributed by atoms with E-state index in [0.29, 0.717) is 42.7 Å². The van der Waals surface area contributed by atoms with Crippen LogP contribution in [0.5, 0.6) is 5.88 Å². The molecule has 39 heavy (non-hydrogen) atoms. The van der Waals surface area contributed by atoms with Crippen molar-refractivity contribution in [3.8, 4) is 5.88 Å². The number of aliphatic hydroxyl groups excluding tert-OH is 1. The van der Waals surface area contributed by atoms with Gasteiger partial charge in [-0.2, -0.15) is 0 Å². The Kier molecular flexibility index (Phi) is 6.92. The van der Waals surface area contributed by atoms with Gasteiger partial charge in [0, 0.05) is 37.2 Å². The molecule has 5 heterocycles. The van der Waals surface area contributed by atoms with Crippen molar-refractivity contribution >= 4 is 17.1 Å². The Morgan fingerprint density at radius 1 is 1.28 bits per heavy atom. The smallest absolute Gasteiger partial charge is 0.417 e. The maximum atomic E-state index is 14.8. The SMILES string of the molecule is COc1ccc2ncc(F)c(C(O)CN3CC[C@@H]4CN(C5=COC=C(C6=CC=CCC6)O5)C(=O)O[C@H]4C3)c2n1. The number of aliphatic hydroxyl groups is 1. The molecule has 2 fully saturated rings. The van der Waals surface area contributed by atoms with Crippen LogP contribution in [0.3, 0.4) is 0 Å². The molecule has 11 heteroatoms. The van der Waals surface area contributed by atoms with Crippen molar-refractivity contribution in [2.75, 3.05) is 33.3 Å². The van der Waals surface area contributed by atoms with Gasteiger partial charge < -0.3 is 24.1 Å². The minimum Gasteiger partial charge on any atom is -0.481 e. The third-order valence-corrected chi connectivity index (χ3v) is 7.48. The molecule has 6 rings (SSSR count). The number of aromatic nitrogens is 2. The van der Waals surface area contributed by atoms with Gasteiger partial charge in [-0.15, -0.1) is 0 Å². The highest BCUT2D eigenvalue weighted by Gasteiger charge is 2.42. The first-order valence-corrected chi connectivity index (χ1v) is 13.0. The molecule has 2 aromatic heterocycles. The summed E-state index contributed by atoms with van der Waals surface area (Å²) in [5.74, 6) is 0.615. The molecule has 0 radical (unpaired) electrons. The van der Waals surface area contributed by atoms with Gasteiger partial charge in [0.1, 0.15) is 23.7 Å². The minimum absolute atomic E-state index is 0.0659. The van der Waals surface area contributed by atoms with Crippen molar-refractivity contribution in [2.45, 2.75) is 31.5 Å². The molecule has 204 valence electrons. The zero-order chi connectivity index (χ0) is 26.9. The van der Waals surface area contributed by atoms with Crippen molar-refractivity contribution in [1.29, 1.82) is 0 Å². The van der Waals surface area contributed by atoms with Crippen LogP contribution in [0.25, 0.3) is 11.0 Å². The number of hydrogen-bond acceptors (Lipinski definition) is 9. The first-order valence-electron chi connectivity index (χ1n) is 13.0. The van der Waals surface area contributed by atoms with E-state index in [1.807, 2.05) is 17.1 Å². The number of halogens is 1. The molecule has 0 saturated carbocycles. The predicted octanol–water partition coefficient (Wildman–Crippen LogP) is 3.92. The maximum Gasteiger partial charge on any atom is 0.417 e. The molecule has 10 nitrogen and oxygen atoms in total. The molecule has 2 saturated heterocycles.